The van der Waals surface area contributed by atoms with Gasteiger partial charge in [-0.05, 0) is 67.2 Å². The Bertz CT molecular complexity index is 1610. The van der Waals surface area contributed by atoms with E-state index in [1.54, 1.807) is 12.1 Å². The quantitative estimate of drug-likeness (QED) is 0.118. The second-order valence-electron chi connectivity index (χ2n) is 14.2. The van der Waals surface area contributed by atoms with E-state index < -0.39 is 23.0 Å². The Kier molecular flexibility index (Phi) is 9.06. The average molecular weight is 664 g/mol. The number of halogens is 1. The van der Waals surface area contributed by atoms with Gasteiger partial charge in [-0.2, -0.15) is 0 Å². The lowest BCUT2D eigenvalue weighted by atomic mass is 9.44. The highest BCUT2D eigenvalue weighted by Crippen LogP contribution is 2.68. The Morgan fingerprint density at radius 3 is 2.61 bits per heavy atom. The summed E-state index contributed by atoms with van der Waals surface area (Å²) in [6, 6.07) is 10.5. The van der Waals surface area contributed by atoms with Gasteiger partial charge in [-0.15, -0.1) is 17.9 Å². The third kappa shape index (κ3) is 5.77. The van der Waals surface area contributed by atoms with Crippen molar-refractivity contribution in [2.24, 2.45) is 34.0 Å². The molecule has 2 heterocycles. The molecule has 9 heteroatoms. The van der Waals surface area contributed by atoms with Crippen LogP contribution in [-0.2, 0) is 20.9 Å². The first-order valence-electron chi connectivity index (χ1n) is 16.3. The maximum atomic E-state index is 13.6. The van der Waals surface area contributed by atoms with Crippen LogP contribution in [0.3, 0.4) is 0 Å². The van der Waals surface area contributed by atoms with E-state index >= 15 is 0 Å². The normalized spacial score (nSPS) is 34.0. The molecular formula is C37H44FN2O4S2+. The molecule has 0 amide bonds. The number of carbonyl (C=O) groups excluding carboxylic acids is 2. The number of nitrogens with zero attached hydrogens (tertiary/aromatic N) is 2. The summed E-state index contributed by atoms with van der Waals surface area (Å²) in [6.07, 6.45) is 8.15. The van der Waals surface area contributed by atoms with Crippen molar-refractivity contribution in [1.82, 2.24) is 4.98 Å². The fraction of sp³-hybridized carbons (Fsp3) is 0.514. The molecule has 0 spiro atoms. The molecule has 244 valence electrons. The highest BCUT2D eigenvalue weighted by molar-refractivity contribution is 8.01. The first kappa shape index (κ1) is 33.0. The van der Waals surface area contributed by atoms with Gasteiger partial charge in [0.2, 0.25) is 0 Å². The molecule has 3 aromatic rings. The Morgan fingerprint density at radius 2 is 1.91 bits per heavy atom. The summed E-state index contributed by atoms with van der Waals surface area (Å²) in [4.78, 5) is 31.9. The van der Waals surface area contributed by atoms with Crippen molar-refractivity contribution in [3.8, 4) is 11.3 Å². The molecule has 1 N–H and O–H groups in total. The number of aliphatic hydroxyl groups excluding tert-OH is 1. The van der Waals surface area contributed by atoms with E-state index in [1.165, 1.54) is 35.2 Å². The van der Waals surface area contributed by atoms with Gasteiger partial charge in [-0.3, -0.25) is 9.59 Å². The van der Waals surface area contributed by atoms with Crippen LogP contribution in [-0.4, -0.2) is 39.8 Å². The van der Waals surface area contributed by atoms with Crippen LogP contribution >= 0.6 is 23.1 Å². The second-order valence-corrected chi connectivity index (χ2v) is 16.3. The van der Waals surface area contributed by atoms with Gasteiger partial charge in [0.05, 0.1) is 17.6 Å². The number of rotatable bonds is 8. The number of thioether (sulfide) groups is 1. The fourth-order valence-electron chi connectivity index (χ4n) is 8.81. The van der Waals surface area contributed by atoms with Gasteiger partial charge in [0.15, 0.2) is 23.3 Å². The van der Waals surface area contributed by atoms with Crippen LogP contribution in [0.5, 0.6) is 0 Å². The molecule has 6 nitrogen and oxygen atoms in total. The van der Waals surface area contributed by atoms with Crippen LogP contribution in [0.1, 0.15) is 65.4 Å². The number of ether oxygens (including phenoxy) is 1. The summed E-state index contributed by atoms with van der Waals surface area (Å²) in [6.45, 7) is 13.2. The number of thiazole rings is 1. The van der Waals surface area contributed by atoms with Crippen molar-refractivity contribution in [2.75, 3.05) is 5.75 Å². The SMILES string of the molecule is C=C[C@]1(C)C[C@@H](OC(=O)CSc2nc(-c3cc[n+](Cc4ccc(F)cc4)cc3)cs2)[C@]2(C)[C@H](C)CCC3(CCC(=O)[C@H]32)[C@@H](C)[C@@H]1O. The third-order valence-corrected chi connectivity index (χ3v) is 13.8. The van der Waals surface area contributed by atoms with Crippen LogP contribution in [0.4, 0.5) is 4.39 Å². The highest BCUT2D eigenvalue weighted by atomic mass is 32.2. The Labute approximate surface area is 279 Å². The van der Waals surface area contributed by atoms with Crippen LogP contribution in [0.2, 0.25) is 0 Å². The number of ketones is 1. The summed E-state index contributed by atoms with van der Waals surface area (Å²) in [5, 5.41) is 13.7. The topological polar surface area (TPSA) is 80.4 Å². The van der Waals surface area contributed by atoms with Crippen LogP contribution < -0.4 is 4.57 Å². The predicted octanol–water partition coefficient (Wildman–Crippen LogP) is 7.28. The monoisotopic (exact) mass is 663 g/mol. The van der Waals surface area contributed by atoms with Crippen molar-refractivity contribution >= 4 is 34.9 Å². The van der Waals surface area contributed by atoms with Crippen molar-refractivity contribution in [3.05, 3.63) is 78.2 Å². The molecular weight excluding hydrogens is 620 g/mol. The molecule has 3 fully saturated rings. The number of benzene rings is 1. The van der Waals surface area contributed by atoms with Crippen LogP contribution in [0.25, 0.3) is 11.3 Å². The maximum Gasteiger partial charge on any atom is 0.316 e. The zero-order valence-corrected chi connectivity index (χ0v) is 28.7. The molecule has 3 saturated carbocycles. The molecule has 2 bridgehead atoms. The summed E-state index contributed by atoms with van der Waals surface area (Å²) in [5.41, 5.74) is 1.34. The van der Waals surface area contributed by atoms with Crippen molar-refractivity contribution in [2.45, 2.75) is 82.9 Å². The molecule has 8 atom stereocenters. The summed E-state index contributed by atoms with van der Waals surface area (Å²) in [7, 11) is 0. The minimum atomic E-state index is -0.684. The zero-order chi connectivity index (χ0) is 32.9. The highest BCUT2D eigenvalue weighted by Gasteiger charge is 2.68. The molecule has 3 aliphatic carbocycles. The van der Waals surface area contributed by atoms with Crippen LogP contribution in [0.15, 0.2) is 71.2 Å². The molecule has 6 rings (SSSR count). The number of aromatic nitrogens is 2. The van der Waals surface area contributed by atoms with Crippen molar-refractivity contribution in [1.29, 1.82) is 0 Å². The van der Waals surface area contributed by atoms with Gasteiger partial charge in [-0.25, -0.2) is 13.9 Å². The van der Waals surface area contributed by atoms with Gasteiger partial charge in [0, 0.05) is 51.8 Å². The van der Waals surface area contributed by atoms with E-state index in [2.05, 4.69) is 27.4 Å². The van der Waals surface area contributed by atoms with Gasteiger partial charge in [-0.1, -0.05) is 45.5 Å². The molecule has 46 heavy (non-hydrogen) atoms. The minimum absolute atomic E-state index is 0.0605. The Morgan fingerprint density at radius 1 is 1.20 bits per heavy atom. The molecule has 0 aliphatic heterocycles. The summed E-state index contributed by atoms with van der Waals surface area (Å²) < 4.78 is 22.4. The first-order valence-corrected chi connectivity index (χ1v) is 18.1. The maximum absolute atomic E-state index is 13.6. The van der Waals surface area contributed by atoms with E-state index in [4.69, 9.17) is 9.72 Å². The number of hydrogen-bond donors (Lipinski definition) is 1. The van der Waals surface area contributed by atoms with Gasteiger partial charge < -0.3 is 9.84 Å². The summed E-state index contributed by atoms with van der Waals surface area (Å²) in [5.74, 6) is -0.334. The van der Waals surface area contributed by atoms with Crippen LogP contribution in [0, 0.1) is 39.8 Å². The standard InChI is InChI=1S/C37H44FN2O4S2/c1-6-35(4)19-30(36(5)23(2)11-15-37(24(3)33(35)43)16-12-29(41)32(36)37)44-31(42)22-46-34-39-28(21-45-34)26-13-17-40(18-14-26)20-25-7-9-27(38)10-8-25/h6-10,13-14,17-18,21,23-24,30,32-33,43H,1,11-12,15-16,19-20,22H2,2-5H3/q+1/t23-,24+,30-,32+,33+,35-,36+,37?/m1/s1. The molecule has 1 unspecified atom stereocenters. The van der Waals surface area contributed by atoms with E-state index in [-0.39, 0.29) is 46.5 Å². The number of carbonyl (C=O) groups is 2. The Balaban J connectivity index is 1.15. The van der Waals surface area contributed by atoms with Crippen molar-refractivity contribution in [3.63, 3.8) is 0 Å². The van der Waals surface area contributed by atoms with E-state index in [1.807, 2.05) is 47.5 Å². The molecule has 0 saturated heterocycles. The van der Waals surface area contributed by atoms with Crippen molar-refractivity contribution < 1.29 is 28.4 Å². The number of Topliss-reactive ketones (excluding diaryl/α,β-unsaturated/α-hetero) is 1. The lowest BCUT2D eigenvalue weighted by Gasteiger charge is -2.61. The smallest absolute Gasteiger partial charge is 0.316 e. The zero-order valence-electron chi connectivity index (χ0n) is 27.1. The van der Waals surface area contributed by atoms with E-state index in [0.717, 1.165) is 40.4 Å². The molecule has 3 aliphatic rings. The molecule has 2 aromatic heterocycles. The number of hydrogen-bond acceptors (Lipinski definition) is 7. The molecule has 1 aromatic carbocycles. The van der Waals surface area contributed by atoms with Gasteiger partial charge in [0.25, 0.3) is 0 Å². The van der Waals surface area contributed by atoms with E-state index in [9.17, 15) is 19.1 Å². The summed E-state index contributed by atoms with van der Waals surface area (Å²) >= 11 is 2.84. The fourth-order valence-corrected chi connectivity index (χ4v) is 10.4. The third-order valence-electron chi connectivity index (χ3n) is 11.8. The minimum Gasteiger partial charge on any atom is -0.461 e. The second kappa shape index (κ2) is 12.6. The largest absolute Gasteiger partial charge is 0.461 e. The lowest BCUT2D eigenvalue weighted by molar-refractivity contribution is -0.688. The lowest BCUT2D eigenvalue weighted by Crippen LogP contribution is -2.63. The van der Waals surface area contributed by atoms with Gasteiger partial charge >= 0.3 is 5.97 Å². The van der Waals surface area contributed by atoms with Gasteiger partial charge in [0.1, 0.15) is 17.7 Å². The number of pyridine rings is 1. The van der Waals surface area contributed by atoms with E-state index in [0.29, 0.717) is 19.4 Å². The number of esters is 1. The first-order chi connectivity index (χ1) is 21.9. The average Bonchev–Trinajstić information content (AvgIpc) is 3.67. The predicted molar refractivity (Wildman–Crippen MR) is 179 cm³/mol. The number of aliphatic hydroxyl groups is 1. The molecule has 0 radical (unpaired) electrons. The Hall–Kier alpha value is -2.88.